The molecule has 7 heteroatoms. The lowest BCUT2D eigenvalue weighted by Gasteiger charge is -2.29. The molecular weight excluding hydrogens is 432 g/mol. The smallest absolute Gasteiger partial charge is 0.225 e. The van der Waals surface area contributed by atoms with E-state index < -0.39 is 17.6 Å². The molecule has 1 amide bonds. The van der Waals surface area contributed by atoms with Crippen LogP contribution in [0.3, 0.4) is 0 Å². The van der Waals surface area contributed by atoms with Crippen LogP contribution in [0, 0.1) is 17.3 Å². The van der Waals surface area contributed by atoms with Crippen LogP contribution in [0.15, 0.2) is 18.2 Å². The van der Waals surface area contributed by atoms with E-state index in [1.807, 2.05) is 32.0 Å². The highest BCUT2D eigenvalue weighted by Gasteiger charge is 2.28. The molecule has 1 aromatic carbocycles. The molecule has 34 heavy (non-hydrogen) atoms. The maximum absolute atomic E-state index is 12.5. The SMILES string of the molecule is CCCC(C)(C)C(=O)NCC(O)C(N)CC(Cc1ccc(OC)c(OCCCOC)c1)C(C)C. The van der Waals surface area contributed by atoms with Crippen LogP contribution in [0.4, 0.5) is 0 Å². The van der Waals surface area contributed by atoms with Crippen molar-refractivity contribution < 1.29 is 24.1 Å². The van der Waals surface area contributed by atoms with E-state index in [0.717, 1.165) is 37.0 Å². The lowest BCUT2D eigenvalue weighted by molar-refractivity contribution is -0.130. The Morgan fingerprint density at radius 2 is 1.88 bits per heavy atom. The normalized spacial score (nSPS) is 14.5. The molecule has 0 saturated carbocycles. The van der Waals surface area contributed by atoms with Gasteiger partial charge in [-0.15, -0.1) is 0 Å². The maximum Gasteiger partial charge on any atom is 0.225 e. The average Bonchev–Trinajstić information content (AvgIpc) is 2.79. The van der Waals surface area contributed by atoms with Crippen molar-refractivity contribution in [2.75, 3.05) is 34.0 Å². The maximum atomic E-state index is 12.5. The molecule has 1 rings (SSSR count). The number of benzene rings is 1. The van der Waals surface area contributed by atoms with Gasteiger partial charge < -0.3 is 30.4 Å². The Bertz CT molecular complexity index is 723. The Morgan fingerprint density at radius 3 is 2.47 bits per heavy atom. The quantitative estimate of drug-likeness (QED) is 0.292. The van der Waals surface area contributed by atoms with Crippen LogP contribution in [-0.4, -0.2) is 57.1 Å². The minimum absolute atomic E-state index is 0.0442. The first-order valence-electron chi connectivity index (χ1n) is 12.6. The van der Waals surface area contributed by atoms with Crippen molar-refractivity contribution >= 4 is 5.91 Å². The first-order valence-corrected chi connectivity index (χ1v) is 12.6. The molecule has 3 atom stereocenters. The molecule has 0 bridgehead atoms. The van der Waals surface area contributed by atoms with E-state index in [0.29, 0.717) is 31.3 Å². The number of carbonyl (C=O) groups is 1. The molecular formula is C27H48N2O5. The highest BCUT2D eigenvalue weighted by Crippen LogP contribution is 2.31. The molecule has 0 saturated heterocycles. The number of ether oxygens (including phenoxy) is 3. The van der Waals surface area contributed by atoms with E-state index in [-0.39, 0.29) is 18.4 Å². The zero-order chi connectivity index (χ0) is 25.7. The largest absolute Gasteiger partial charge is 0.493 e. The number of nitrogens with two attached hydrogens (primary N) is 1. The Morgan fingerprint density at radius 1 is 1.18 bits per heavy atom. The Balaban J connectivity index is 2.75. The van der Waals surface area contributed by atoms with Crippen LogP contribution < -0.4 is 20.5 Å². The summed E-state index contributed by atoms with van der Waals surface area (Å²) in [5.41, 5.74) is 7.06. The molecule has 0 aromatic heterocycles. The first kappa shape index (κ1) is 30.2. The van der Waals surface area contributed by atoms with Crippen LogP contribution in [0.2, 0.25) is 0 Å². The monoisotopic (exact) mass is 480 g/mol. The van der Waals surface area contributed by atoms with Gasteiger partial charge in [0.25, 0.3) is 0 Å². The number of carbonyl (C=O) groups excluding carboxylic acids is 1. The van der Waals surface area contributed by atoms with E-state index >= 15 is 0 Å². The van der Waals surface area contributed by atoms with Crippen molar-refractivity contribution in [3.8, 4) is 11.5 Å². The van der Waals surface area contributed by atoms with E-state index in [1.54, 1.807) is 14.2 Å². The number of hydrogen-bond acceptors (Lipinski definition) is 6. The molecule has 196 valence electrons. The lowest BCUT2D eigenvalue weighted by atomic mass is 9.83. The van der Waals surface area contributed by atoms with Gasteiger partial charge in [0.05, 0.1) is 19.8 Å². The molecule has 1 aromatic rings. The fourth-order valence-corrected chi connectivity index (χ4v) is 4.07. The number of methoxy groups -OCH3 is 2. The van der Waals surface area contributed by atoms with Gasteiger partial charge in [0, 0.05) is 38.1 Å². The van der Waals surface area contributed by atoms with Crippen LogP contribution in [0.5, 0.6) is 11.5 Å². The van der Waals surface area contributed by atoms with Gasteiger partial charge in [0.15, 0.2) is 11.5 Å². The summed E-state index contributed by atoms with van der Waals surface area (Å²) in [5, 5.41) is 13.5. The summed E-state index contributed by atoms with van der Waals surface area (Å²) in [6.45, 7) is 11.6. The van der Waals surface area contributed by atoms with E-state index in [2.05, 4.69) is 26.1 Å². The first-order chi connectivity index (χ1) is 16.0. The minimum atomic E-state index is -0.793. The topological polar surface area (TPSA) is 103 Å². The summed E-state index contributed by atoms with van der Waals surface area (Å²) in [7, 11) is 3.31. The molecule has 0 radical (unpaired) electrons. The van der Waals surface area contributed by atoms with Gasteiger partial charge in [0.2, 0.25) is 5.91 Å². The third-order valence-electron chi connectivity index (χ3n) is 6.45. The standard InChI is InChI=1S/C27H48N2O5/c1-8-12-27(4,5)26(31)29-18-23(30)22(28)17-21(19(2)3)15-20-10-11-24(33-7)25(16-20)34-14-9-13-32-6/h10-11,16,19,21-23,30H,8-9,12-15,17-18,28H2,1-7H3,(H,29,31). The summed E-state index contributed by atoms with van der Waals surface area (Å²) in [6, 6.07) is 5.58. The second-order valence-electron chi connectivity index (χ2n) is 10.2. The zero-order valence-electron chi connectivity index (χ0n) is 22.4. The van der Waals surface area contributed by atoms with E-state index in [1.165, 1.54) is 0 Å². The molecule has 0 aliphatic heterocycles. The third kappa shape index (κ3) is 10.2. The molecule has 0 spiro atoms. The predicted molar refractivity (Wildman–Crippen MR) is 137 cm³/mol. The van der Waals surface area contributed by atoms with Crippen LogP contribution in [0.1, 0.15) is 65.9 Å². The Kier molecular flexibility index (Phi) is 13.5. The van der Waals surface area contributed by atoms with Crippen LogP contribution in [0.25, 0.3) is 0 Å². The van der Waals surface area contributed by atoms with Gasteiger partial charge in [-0.25, -0.2) is 0 Å². The number of aliphatic hydroxyl groups is 1. The van der Waals surface area contributed by atoms with Crippen molar-refractivity contribution in [3.05, 3.63) is 23.8 Å². The van der Waals surface area contributed by atoms with Crippen LogP contribution >= 0.6 is 0 Å². The molecule has 0 fully saturated rings. The number of nitrogens with one attached hydrogen (secondary N) is 1. The van der Waals surface area contributed by atoms with Crippen LogP contribution in [-0.2, 0) is 16.0 Å². The van der Waals surface area contributed by atoms with E-state index in [4.69, 9.17) is 19.9 Å². The summed E-state index contributed by atoms with van der Waals surface area (Å²) in [4.78, 5) is 12.5. The fourth-order valence-electron chi connectivity index (χ4n) is 4.07. The lowest BCUT2D eigenvalue weighted by Crippen LogP contribution is -2.47. The molecule has 3 unspecified atom stereocenters. The third-order valence-corrected chi connectivity index (χ3v) is 6.45. The van der Waals surface area contributed by atoms with Crippen molar-refractivity contribution in [2.45, 2.75) is 78.9 Å². The Hall–Kier alpha value is -1.83. The fraction of sp³-hybridized carbons (Fsp3) is 0.741. The predicted octanol–water partition coefficient (Wildman–Crippen LogP) is 3.95. The Labute approximate surface area is 206 Å². The van der Waals surface area contributed by atoms with Crippen molar-refractivity contribution in [1.29, 1.82) is 0 Å². The zero-order valence-corrected chi connectivity index (χ0v) is 22.4. The second-order valence-corrected chi connectivity index (χ2v) is 10.2. The summed E-state index contributed by atoms with van der Waals surface area (Å²) in [5.74, 6) is 2.03. The number of hydrogen-bond donors (Lipinski definition) is 3. The van der Waals surface area contributed by atoms with Gasteiger partial charge in [-0.1, -0.05) is 47.1 Å². The summed E-state index contributed by atoms with van der Waals surface area (Å²) >= 11 is 0. The van der Waals surface area contributed by atoms with Gasteiger partial charge in [-0.2, -0.15) is 0 Å². The molecule has 0 aliphatic rings. The molecule has 4 N–H and O–H groups in total. The minimum Gasteiger partial charge on any atom is -0.493 e. The molecule has 7 nitrogen and oxygen atoms in total. The van der Waals surface area contributed by atoms with Crippen molar-refractivity contribution in [1.82, 2.24) is 5.32 Å². The highest BCUT2D eigenvalue weighted by molar-refractivity contribution is 5.81. The van der Waals surface area contributed by atoms with Gasteiger partial charge in [-0.05, 0) is 48.8 Å². The summed E-state index contributed by atoms with van der Waals surface area (Å²) < 4.78 is 16.5. The van der Waals surface area contributed by atoms with Gasteiger partial charge in [0.1, 0.15) is 0 Å². The summed E-state index contributed by atoms with van der Waals surface area (Å²) in [6.07, 6.45) is 3.21. The van der Waals surface area contributed by atoms with E-state index in [9.17, 15) is 9.90 Å². The number of aliphatic hydroxyl groups excluding tert-OH is 1. The number of amides is 1. The van der Waals surface area contributed by atoms with Crippen molar-refractivity contribution in [3.63, 3.8) is 0 Å². The van der Waals surface area contributed by atoms with Gasteiger partial charge in [-0.3, -0.25) is 4.79 Å². The molecule has 0 heterocycles. The highest BCUT2D eigenvalue weighted by atomic mass is 16.5. The number of rotatable bonds is 17. The molecule has 0 aliphatic carbocycles. The average molecular weight is 481 g/mol. The second kappa shape index (κ2) is 15.2. The van der Waals surface area contributed by atoms with Crippen molar-refractivity contribution in [2.24, 2.45) is 23.0 Å². The van der Waals surface area contributed by atoms with Gasteiger partial charge >= 0.3 is 0 Å².